The Hall–Kier alpha value is -2.43. The number of nitrogens with zero attached hydrogens (tertiary/aromatic N) is 1. The Balaban J connectivity index is 1.88. The molecule has 120 valence electrons. The van der Waals surface area contributed by atoms with Crippen molar-refractivity contribution in [1.82, 2.24) is 4.31 Å². The molecule has 3 nitrogen and oxygen atoms in total. The van der Waals surface area contributed by atoms with Crippen molar-refractivity contribution < 1.29 is 8.42 Å². The van der Waals surface area contributed by atoms with Crippen LogP contribution in [0.3, 0.4) is 0 Å². The Labute approximate surface area is 142 Å². The van der Waals surface area contributed by atoms with E-state index >= 15 is 0 Å². The van der Waals surface area contributed by atoms with Crippen molar-refractivity contribution in [3.63, 3.8) is 0 Å². The van der Waals surface area contributed by atoms with Gasteiger partial charge in [0, 0.05) is 7.05 Å². The highest BCUT2D eigenvalue weighted by Crippen LogP contribution is 2.46. The van der Waals surface area contributed by atoms with Crippen LogP contribution in [0.25, 0.3) is 11.1 Å². The van der Waals surface area contributed by atoms with Crippen LogP contribution in [-0.2, 0) is 10.0 Å². The van der Waals surface area contributed by atoms with Gasteiger partial charge in [-0.25, -0.2) is 8.42 Å². The Kier molecular flexibility index (Phi) is 3.52. The maximum absolute atomic E-state index is 13.1. The Morgan fingerprint density at radius 3 is 1.71 bits per heavy atom. The van der Waals surface area contributed by atoms with Gasteiger partial charge in [-0.05, 0) is 34.4 Å². The maximum atomic E-state index is 13.1. The molecule has 0 unspecified atom stereocenters. The summed E-state index contributed by atoms with van der Waals surface area (Å²) in [5, 5.41) is 0. The third-order valence-corrected chi connectivity index (χ3v) is 6.42. The average molecular weight is 335 g/mol. The summed E-state index contributed by atoms with van der Waals surface area (Å²) >= 11 is 0. The van der Waals surface area contributed by atoms with Crippen LogP contribution >= 0.6 is 0 Å². The predicted octanol–water partition coefficient (Wildman–Crippen LogP) is 4.08. The van der Waals surface area contributed by atoms with Crippen LogP contribution < -0.4 is 0 Å². The highest BCUT2D eigenvalue weighted by atomic mass is 32.2. The molecule has 0 N–H and O–H groups in total. The van der Waals surface area contributed by atoms with Gasteiger partial charge in [0.05, 0.1) is 10.9 Å². The topological polar surface area (TPSA) is 37.4 Å². The summed E-state index contributed by atoms with van der Waals surface area (Å²) in [6.45, 7) is 0. The number of sulfonamides is 1. The van der Waals surface area contributed by atoms with Gasteiger partial charge in [-0.2, -0.15) is 4.31 Å². The fourth-order valence-corrected chi connectivity index (χ4v) is 4.76. The van der Waals surface area contributed by atoms with Gasteiger partial charge in [-0.15, -0.1) is 0 Å². The molecule has 0 heterocycles. The lowest BCUT2D eigenvalue weighted by atomic mass is 10.1. The van der Waals surface area contributed by atoms with Crippen LogP contribution in [0.1, 0.15) is 17.2 Å². The van der Waals surface area contributed by atoms with Crippen molar-refractivity contribution in [2.75, 3.05) is 7.05 Å². The monoisotopic (exact) mass is 335 g/mol. The summed E-state index contributed by atoms with van der Waals surface area (Å²) in [7, 11) is -1.92. The minimum atomic E-state index is -3.57. The van der Waals surface area contributed by atoms with Gasteiger partial charge >= 0.3 is 0 Å². The van der Waals surface area contributed by atoms with E-state index in [1.54, 1.807) is 31.3 Å². The number of hydrogen-bond acceptors (Lipinski definition) is 2. The van der Waals surface area contributed by atoms with Crippen LogP contribution in [0, 0.1) is 0 Å². The van der Waals surface area contributed by atoms with Crippen molar-refractivity contribution in [2.24, 2.45) is 0 Å². The first-order valence-corrected chi connectivity index (χ1v) is 9.26. The van der Waals surface area contributed by atoms with E-state index in [4.69, 9.17) is 0 Å². The molecule has 0 aromatic heterocycles. The van der Waals surface area contributed by atoms with E-state index in [-0.39, 0.29) is 6.04 Å². The molecule has 0 amide bonds. The van der Waals surface area contributed by atoms with Gasteiger partial charge in [0.15, 0.2) is 0 Å². The Bertz CT molecular complexity index is 951. The zero-order chi connectivity index (χ0) is 16.7. The van der Waals surface area contributed by atoms with Crippen molar-refractivity contribution in [3.05, 3.63) is 90.0 Å². The summed E-state index contributed by atoms with van der Waals surface area (Å²) in [5.74, 6) is 0. The summed E-state index contributed by atoms with van der Waals surface area (Å²) in [4.78, 5) is 0.314. The number of hydrogen-bond donors (Lipinski definition) is 0. The summed E-state index contributed by atoms with van der Waals surface area (Å²) in [5.41, 5.74) is 4.27. The van der Waals surface area contributed by atoms with Gasteiger partial charge in [0.1, 0.15) is 0 Å². The molecule has 3 aromatic carbocycles. The molecule has 4 heteroatoms. The van der Waals surface area contributed by atoms with Crippen LogP contribution in [0.4, 0.5) is 0 Å². The molecule has 0 saturated heterocycles. The third-order valence-electron chi connectivity index (χ3n) is 4.58. The largest absolute Gasteiger partial charge is 0.243 e. The molecule has 0 spiro atoms. The van der Waals surface area contributed by atoms with Gasteiger partial charge in [0.25, 0.3) is 0 Å². The summed E-state index contributed by atoms with van der Waals surface area (Å²) < 4.78 is 27.6. The van der Waals surface area contributed by atoms with Crippen LogP contribution in [0.2, 0.25) is 0 Å². The first-order chi connectivity index (χ1) is 11.6. The van der Waals surface area contributed by atoms with Crippen molar-refractivity contribution in [2.45, 2.75) is 10.9 Å². The summed E-state index contributed by atoms with van der Waals surface area (Å²) in [6, 6.07) is 24.3. The van der Waals surface area contributed by atoms with E-state index < -0.39 is 10.0 Å². The van der Waals surface area contributed by atoms with E-state index in [1.165, 1.54) is 4.31 Å². The van der Waals surface area contributed by atoms with E-state index in [0.717, 1.165) is 22.3 Å². The quantitative estimate of drug-likeness (QED) is 0.723. The second-order valence-corrected chi connectivity index (χ2v) is 7.91. The molecule has 1 aliphatic rings. The van der Waals surface area contributed by atoms with E-state index in [9.17, 15) is 8.42 Å². The lowest BCUT2D eigenvalue weighted by Crippen LogP contribution is -2.31. The highest BCUT2D eigenvalue weighted by molar-refractivity contribution is 7.89. The summed E-state index contributed by atoms with van der Waals surface area (Å²) in [6.07, 6.45) is 0. The normalized spacial score (nSPS) is 13.8. The fraction of sp³-hybridized carbons (Fsp3) is 0.100. The molecular weight excluding hydrogens is 318 g/mol. The van der Waals surface area contributed by atoms with Crippen LogP contribution in [-0.4, -0.2) is 19.8 Å². The van der Waals surface area contributed by atoms with Gasteiger partial charge in [-0.1, -0.05) is 66.7 Å². The minimum absolute atomic E-state index is 0.303. The highest BCUT2D eigenvalue weighted by Gasteiger charge is 2.36. The Morgan fingerprint density at radius 1 is 0.708 bits per heavy atom. The molecule has 24 heavy (non-hydrogen) atoms. The molecular formula is C20H17NO2S. The molecule has 0 fully saturated rings. The van der Waals surface area contributed by atoms with Crippen molar-refractivity contribution in [1.29, 1.82) is 0 Å². The predicted molar refractivity (Wildman–Crippen MR) is 95.1 cm³/mol. The molecule has 0 atom stereocenters. The average Bonchev–Trinajstić information content (AvgIpc) is 2.96. The minimum Gasteiger partial charge on any atom is -0.207 e. The first kappa shape index (κ1) is 15.1. The SMILES string of the molecule is CN(C1c2ccccc2-c2ccccc21)S(=O)(=O)c1ccccc1. The molecule has 4 rings (SSSR count). The molecule has 0 bridgehead atoms. The first-order valence-electron chi connectivity index (χ1n) is 7.82. The fourth-order valence-electron chi connectivity index (χ4n) is 3.42. The number of benzene rings is 3. The molecule has 0 radical (unpaired) electrons. The van der Waals surface area contributed by atoms with Gasteiger partial charge in [-0.3, -0.25) is 0 Å². The van der Waals surface area contributed by atoms with E-state index in [1.807, 2.05) is 42.5 Å². The lowest BCUT2D eigenvalue weighted by molar-refractivity contribution is 0.423. The number of fused-ring (bicyclic) bond motifs is 3. The van der Waals surface area contributed by atoms with Gasteiger partial charge < -0.3 is 0 Å². The van der Waals surface area contributed by atoms with Crippen molar-refractivity contribution >= 4 is 10.0 Å². The van der Waals surface area contributed by atoms with E-state index in [2.05, 4.69) is 12.1 Å². The zero-order valence-electron chi connectivity index (χ0n) is 13.3. The zero-order valence-corrected chi connectivity index (χ0v) is 14.1. The standard InChI is InChI=1S/C20H17NO2S/c1-21(24(22,23)15-9-3-2-4-10-15)20-18-13-7-5-11-16(18)17-12-6-8-14-19(17)20/h2-14,20H,1H3. The maximum Gasteiger partial charge on any atom is 0.243 e. The van der Waals surface area contributed by atoms with Crippen LogP contribution in [0.15, 0.2) is 83.8 Å². The number of rotatable bonds is 3. The third kappa shape index (κ3) is 2.19. The molecule has 3 aromatic rings. The second-order valence-electron chi connectivity index (χ2n) is 5.91. The molecule has 1 aliphatic carbocycles. The second kappa shape index (κ2) is 5.58. The Morgan fingerprint density at radius 2 is 1.17 bits per heavy atom. The molecule has 0 saturated carbocycles. The smallest absolute Gasteiger partial charge is 0.207 e. The molecule has 0 aliphatic heterocycles. The lowest BCUT2D eigenvalue weighted by Gasteiger charge is -2.26. The van der Waals surface area contributed by atoms with Crippen molar-refractivity contribution in [3.8, 4) is 11.1 Å². The van der Waals surface area contributed by atoms with Gasteiger partial charge in [0.2, 0.25) is 10.0 Å². The van der Waals surface area contributed by atoms with E-state index in [0.29, 0.717) is 4.90 Å². The van der Waals surface area contributed by atoms with Crippen LogP contribution in [0.5, 0.6) is 0 Å².